The van der Waals surface area contributed by atoms with Crippen LogP contribution in [-0.4, -0.2) is 47.4 Å². The molecule has 1 unspecified atom stereocenters. The van der Waals surface area contributed by atoms with Gasteiger partial charge in [-0.05, 0) is 19.8 Å². The average Bonchev–Trinajstić information content (AvgIpc) is 2.53. The van der Waals surface area contributed by atoms with E-state index in [1.54, 1.807) is 4.90 Å². The summed E-state index contributed by atoms with van der Waals surface area (Å²) in [4.78, 5) is 25.9. The molecule has 5 heteroatoms. The number of amides is 1. The number of ketones is 1. The second-order valence-corrected chi connectivity index (χ2v) is 5.62. The van der Waals surface area contributed by atoms with Crippen LogP contribution in [-0.2, 0) is 4.79 Å². The van der Waals surface area contributed by atoms with Gasteiger partial charge >= 0.3 is 0 Å². The maximum atomic E-state index is 12.4. The van der Waals surface area contributed by atoms with Crippen molar-refractivity contribution in [2.24, 2.45) is 11.7 Å². The molecule has 1 atom stereocenters. The van der Waals surface area contributed by atoms with Crippen LogP contribution in [0.15, 0.2) is 24.3 Å². The third kappa shape index (κ3) is 3.68. The molecule has 1 amide bonds. The van der Waals surface area contributed by atoms with Gasteiger partial charge < -0.3 is 15.7 Å². The molecule has 0 radical (unpaired) electrons. The van der Waals surface area contributed by atoms with Gasteiger partial charge in [0.25, 0.3) is 0 Å². The molecule has 0 aliphatic carbocycles. The van der Waals surface area contributed by atoms with Gasteiger partial charge in [-0.1, -0.05) is 29.8 Å². The summed E-state index contributed by atoms with van der Waals surface area (Å²) >= 11 is 0. The monoisotopic (exact) mass is 290 g/mol. The average molecular weight is 290 g/mol. The highest BCUT2D eigenvalue weighted by atomic mass is 16.3. The number of piperidine rings is 1. The molecule has 0 aromatic heterocycles. The number of nitrogens with two attached hydrogens (primary N) is 1. The van der Waals surface area contributed by atoms with E-state index < -0.39 is 6.04 Å². The summed E-state index contributed by atoms with van der Waals surface area (Å²) in [5, 5.41) is 8.92. The number of carbonyl (C=O) groups is 2. The largest absolute Gasteiger partial charge is 0.394 e. The van der Waals surface area contributed by atoms with Crippen molar-refractivity contribution in [2.75, 3.05) is 19.7 Å². The van der Waals surface area contributed by atoms with E-state index in [9.17, 15) is 9.59 Å². The van der Waals surface area contributed by atoms with Crippen LogP contribution >= 0.6 is 0 Å². The highest BCUT2D eigenvalue weighted by Gasteiger charge is 2.29. The number of hydrogen-bond acceptors (Lipinski definition) is 4. The second-order valence-electron chi connectivity index (χ2n) is 5.62. The van der Waals surface area contributed by atoms with E-state index >= 15 is 0 Å². The number of rotatable bonds is 4. The zero-order valence-electron chi connectivity index (χ0n) is 12.3. The van der Waals surface area contributed by atoms with Crippen molar-refractivity contribution in [3.8, 4) is 0 Å². The van der Waals surface area contributed by atoms with Crippen LogP contribution < -0.4 is 5.73 Å². The van der Waals surface area contributed by atoms with Gasteiger partial charge in [0.1, 0.15) is 6.04 Å². The van der Waals surface area contributed by atoms with E-state index in [1.807, 2.05) is 31.2 Å². The second kappa shape index (κ2) is 6.83. The number of likely N-dealkylation sites (tertiary alicyclic amines) is 1. The Morgan fingerprint density at radius 1 is 1.29 bits per heavy atom. The summed E-state index contributed by atoms with van der Waals surface area (Å²) in [6.07, 6.45) is 1.30. The van der Waals surface area contributed by atoms with Crippen molar-refractivity contribution < 1.29 is 14.7 Å². The standard InChI is InChI=1S/C16H22N2O3/c1-11-2-4-12(5-3-11)15(20)13-6-8-18(9-7-13)16(21)14(17)10-19/h2-5,13-14,19H,6-10,17H2,1H3. The molecule has 3 N–H and O–H groups in total. The number of aliphatic hydroxyl groups is 1. The summed E-state index contributed by atoms with van der Waals surface area (Å²) in [5.74, 6) is -0.130. The minimum atomic E-state index is -0.852. The van der Waals surface area contributed by atoms with E-state index in [4.69, 9.17) is 10.8 Å². The zero-order chi connectivity index (χ0) is 15.4. The number of nitrogens with zero attached hydrogens (tertiary/aromatic N) is 1. The number of aryl methyl sites for hydroxylation is 1. The highest BCUT2D eigenvalue weighted by molar-refractivity contribution is 5.98. The smallest absolute Gasteiger partial charge is 0.241 e. The molecule has 1 saturated heterocycles. The Morgan fingerprint density at radius 3 is 2.38 bits per heavy atom. The first-order chi connectivity index (χ1) is 10.0. The van der Waals surface area contributed by atoms with Crippen LogP contribution in [0.1, 0.15) is 28.8 Å². The van der Waals surface area contributed by atoms with Crippen LogP contribution in [0.25, 0.3) is 0 Å². The molecule has 1 aliphatic rings. The van der Waals surface area contributed by atoms with Gasteiger partial charge in [0.15, 0.2) is 5.78 Å². The first kappa shape index (κ1) is 15.7. The molecule has 5 nitrogen and oxygen atoms in total. The maximum absolute atomic E-state index is 12.4. The van der Waals surface area contributed by atoms with Crippen LogP contribution in [0.2, 0.25) is 0 Å². The van der Waals surface area contributed by atoms with Crippen molar-refractivity contribution in [1.29, 1.82) is 0 Å². The van der Waals surface area contributed by atoms with Crippen LogP contribution in [0.4, 0.5) is 0 Å². The lowest BCUT2D eigenvalue weighted by atomic mass is 9.88. The van der Waals surface area contributed by atoms with Gasteiger partial charge in [0.2, 0.25) is 5.91 Å². The fourth-order valence-electron chi connectivity index (χ4n) is 2.63. The number of carbonyl (C=O) groups excluding carboxylic acids is 2. The van der Waals surface area contributed by atoms with E-state index in [0.717, 1.165) is 11.1 Å². The van der Waals surface area contributed by atoms with Crippen molar-refractivity contribution in [1.82, 2.24) is 4.90 Å². The van der Waals surface area contributed by atoms with E-state index in [-0.39, 0.29) is 24.2 Å². The summed E-state index contributed by atoms with van der Waals surface area (Å²) < 4.78 is 0. The summed E-state index contributed by atoms with van der Waals surface area (Å²) in [6.45, 7) is 2.69. The first-order valence-electron chi connectivity index (χ1n) is 7.29. The van der Waals surface area contributed by atoms with Crippen LogP contribution in [0.5, 0.6) is 0 Å². The molecule has 1 aromatic carbocycles. The number of Topliss-reactive ketones (excluding diaryl/α,β-unsaturated/α-hetero) is 1. The normalized spacial score (nSPS) is 17.6. The summed E-state index contributed by atoms with van der Waals surface area (Å²) in [6, 6.07) is 6.74. The van der Waals surface area contributed by atoms with Crippen LogP contribution in [0, 0.1) is 12.8 Å². The molecular weight excluding hydrogens is 268 g/mol. The Balaban J connectivity index is 1.93. The molecule has 1 aromatic rings. The molecular formula is C16H22N2O3. The molecule has 0 spiro atoms. The van der Waals surface area contributed by atoms with Crippen molar-refractivity contribution in [2.45, 2.75) is 25.8 Å². The van der Waals surface area contributed by atoms with Gasteiger partial charge in [0.05, 0.1) is 6.61 Å². The van der Waals surface area contributed by atoms with Gasteiger partial charge in [-0.2, -0.15) is 0 Å². The number of benzene rings is 1. The van der Waals surface area contributed by atoms with Gasteiger partial charge in [-0.3, -0.25) is 9.59 Å². The molecule has 0 bridgehead atoms. The fourth-order valence-corrected chi connectivity index (χ4v) is 2.63. The van der Waals surface area contributed by atoms with Crippen molar-refractivity contribution >= 4 is 11.7 Å². The fraction of sp³-hybridized carbons (Fsp3) is 0.500. The molecule has 1 fully saturated rings. The Bertz CT molecular complexity index is 505. The topological polar surface area (TPSA) is 83.6 Å². The molecule has 1 aliphatic heterocycles. The minimum Gasteiger partial charge on any atom is -0.394 e. The first-order valence-corrected chi connectivity index (χ1v) is 7.29. The molecule has 114 valence electrons. The Morgan fingerprint density at radius 2 is 1.86 bits per heavy atom. The lowest BCUT2D eigenvalue weighted by Crippen LogP contribution is -2.49. The molecule has 2 rings (SSSR count). The molecule has 1 heterocycles. The van der Waals surface area contributed by atoms with Crippen molar-refractivity contribution in [3.05, 3.63) is 35.4 Å². The number of hydrogen-bond donors (Lipinski definition) is 2. The van der Waals surface area contributed by atoms with Gasteiger partial charge in [0, 0.05) is 24.6 Å². The Kier molecular flexibility index (Phi) is 5.09. The maximum Gasteiger partial charge on any atom is 0.241 e. The van der Waals surface area contributed by atoms with Gasteiger partial charge in [-0.25, -0.2) is 0 Å². The van der Waals surface area contributed by atoms with E-state index in [1.165, 1.54) is 0 Å². The number of aliphatic hydroxyl groups excluding tert-OH is 1. The zero-order valence-corrected chi connectivity index (χ0v) is 12.3. The minimum absolute atomic E-state index is 0.0397. The lowest BCUT2D eigenvalue weighted by Gasteiger charge is -2.32. The molecule has 21 heavy (non-hydrogen) atoms. The quantitative estimate of drug-likeness (QED) is 0.801. The Hall–Kier alpha value is -1.72. The summed E-state index contributed by atoms with van der Waals surface area (Å²) in [7, 11) is 0. The van der Waals surface area contributed by atoms with Crippen molar-refractivity contribution in [3.63, 3.8) is 0 Å². The summed E-state index contributed by atoms with van der Waals surface area (Å²) in [5.41, 5.74) is 7.40. The van der Waals surface area contributed by atoms with Gasteiger partial charge in [-0.15, -0.1) is 0 Å². The van der Waals surface area contributed by atoms with Crippen LogP contribution in [0.3, 0.4) is 0 Å². The predicted octanol–water partition coefficient (Wildman–Crippen LogP) is 0.736. The predicted molar refractivity (Wildman–Crippen MR) is 79.9 cm³/mol. The molecule has 0 saturated carbocycles. The lowest BCUT2D eigenvalue weighted by molar-refractivity contribution is -0.134. The van der Waals surface area contributed by atoms with E-state index in [0.29, 0.717) is 25.9 Å². The highest BCUT2D eigenvalue weighted by Crippen LogP contribution is 2.22. The van der Waals surface area contributed by atoms with E-state index in [2.05, 4.69) is 0 Å². The third-order valence-corrected chi connectivity index (χ3v) is 4.03. The third-order valence-electron chi connectivity index (χ3n) is 4.03. The Labute approximate surface area is 124 Å². The SMILES string of the molecule is Cc1ccc(C(=O)C2CCN(C(=O)C(N)CO)CC2)cc1.